The van der Waals surface area contributed by atoms with Crippen molar-refractivity contribution in [3.63, 3.8) is 0 Å². The molecular weight excluding hydrogens is 356 g/mol. The van der Waals surface area contributed by atoms with E-state index in [1.165, 1.54) is 17.3 Å². The molecule has 0 atom stereocenters. The van der Waals surface area contributed by atoms with Crippen LogP contribution in [0.15, 0.2) is 41.6 Å². The Balaban J connectivity index is 1.72. The fourth-order valence-electron chi connectivity index (χ4n) is 3.28. The number of benzene rings is 1. The molecule has 142 valence electrons. The van der Waals surface area contributed by atoms with Gasteiger partial charge in [-0.3, -0.25) is 4.79 Å². The summed E-state index contributed by atoms with van der Waals surface area (Å²) in [5.41, 5.74) is 4.21. The first-order valence-corrected chi connectivity index (χ1v) is 10.3. The van der Waals surface area contributed by atoms with Gasteiger partial charge >= 0.3 is 0 Å². The molecule has 0 radical (unpaired) electrons. The lowest BCUT2D eigenvalue weighted by Gasteiger charge is -2.09. The molecular formula is C21H26N4OS. The number of aryl methyl sites for hydroxylation is 2. The monoisotopic (exact) mass is 382 g/mol. The molecule has 0 amide bonds. The number of carbonyl (C=O) groups is 1. The van der Waals surface area contributed by atoms with Gasteiger partial charge in [-0.2, -0.15) is 0 Å². The molecule has 5 nitrogen and oxygen atoms in total. The summed E-state index contributed by atoms with van der Waals surface area (Å²) in [7, 11) is 0. The van der Waals surface area contributed by atoms with Gasteiger partial charge in [-0.15, -0.1) is 10.2 Å². The van der Waals surface area contributed by atoms with E-state index in [0.717, 1.165) is 40.9 Å². The molecule has 6 heteroatoms. The van der Waals surface area contributed by atoms with E-state index >= 15 is 0 Å². The minimum Gasteiger partial charge on any atom is -0.348 e. The predicted molar refractivity (Wildman–Crippen MR) is 110 cm³/mol. The van der Waals surface area contributed by atoms with Crippen molar-refractivity contribution >= 4 is 17.5 Å². The molecule has 2 aromatic heterocycles. The lowest BCUT2D eigenvalue weighted by Crippen LogP contribution is -2.08. The van der Waals surface area contributed by atoms with E-state index in [-0.39, 0.29) is 5.78 Å². The topological polar surface area (TPSA) is 52.7 Å². The lowest BCUT2D eigenvalue weighted by molar-refractivity contribution is 0.102. The molecule has 0 N–H and O–H groups in total. The number of aromatic nitrogens is 4. The zero-order chi connectivity index (χ0) is 19.4. The quantitative estimate of drug-likeness (QED) is 0.427. The van der Waals surface area contributed by atoms with Crippen molar-refractivity contribution < 1.29 is 4.79 Å². The average molecular weight is 383 g/mol. The van der Waals surface area contributed by atoms with Crippen LogP contribution in [-0.2, 0) is 13.1 Å². The maximum atomic E-state index is 12.8. The fourth-order valence-corrected chi connectivity index (χ4v) is 4.14. The Morgan fingerprint density at radius 2 is 1.81 bits per heavy atom. The van der Waals surface area contributed by atoms with E-state index in [4.69, 9.17) is 0 Å². The van der Waals surface area contributed by atoms with Crippen LogP contribution in [0.5, 0.6) is 0 Å². The van der Waals surface area contributed by atoms with Crippen LogP contribution in [-0.4, -0.2) is 30.9 Å². The van der Waals surface area contributed by atoms with Crippen LogP contribution in [0.3, 0.4) is 0 Å². The average Bonchev–Trinajstić information content (AvgIpc) is 3.15. The van der Waals surface area contributed by atoms with Gasteiger partial charge in [0.25, 0.3) is 0 Å². The Morgan fingerprint density at radius 1 is 1.07 bits per heavy atom. The second-order valence-electron chi connectivity index (χ2n) is 6.75. The molecule has 0 aliphatic rings. The molecule has 0 saturated heterocycles. The highest BCUT2D eigenvalue weighted by Gasteiger charge is 2.17. The summed E-state index contributed by atoms with van der Waals surface area (Å²) in [6.07, 6.45) is 1.06. The Kier molecular flexibility index (Phi) is 6.16. The number of carbonyl (C=O) groups excluding carboxylic acids is 1. The molecule has 2 heterocycles. The number of rotatable bonds is 8. The van der Waals surface area contributed by atoms with Gasteiger partial charge < -0.3 is 9.13 Å². The van der Waals surface area contributed by atoms with E-state index in [2.05, 4.69) is 45.3 Å². The molecule has 3 rings (SSSR count). The summed E-state index contributed by atoms with van der Waals surface area (Å²) in [4.78, 5) is 12.8. The summed E-state index contributed by atoms with van der Waals surface area (Å²) in [6, 6.07) is 12.2. The van der Waals surface area contributed by atoms with Crippen molar-refractivity contribution in [2.24, 2.45) is 0 Å². The molecule has 0 spiro atoms. The highest BCUT2D eigenvalue weighted by molar-refractivity contribution is 7.99. The van der Waals surface area contributed by atoms with Gasteiger partial charge in [0.1, 0.15) is 5.82 Å². The second kappa shape index (κ2) is 8.57. The van der Waals surface area contributed by atoms with Crippen LogP contribution in [0.25, 0.3) is 0 Å². The van der Waals surface area contributed by atoms with Gasteiger partial charge in [0.2, 0.25) is 0 Å². The summed E-state index contributed by atoms with van der Waals surface area (Å²) in [6.45, 7) is 9.84. The van der Waals surface area contributed by atoms with Gasteiger partial charge in [0, 0.05) is 23.5 Å². The van der Waals surface area contributed by atoms with Gasteiger partial charge in [0.15, 0.2) is 10.9 Å². The summed E-state index contributed by atoms with van der Waals surface area (Å²) in [5, 5.41) is 9.26. The number of Topliss-reactive ketones (excluding diaryl/α,β-unsaturated/α-hetero) is 1. The second-order valence-corrected chi connectivity index (χ2v) is 7.69. The van der Waals surface area contributed by atoms with Gasteiger partial charge in [-0.05, 0) is 38.8 Å². The van der Waals surface area contributed by atoms with E-state index in [0.29, 0.717) is 12.3 Å². The van der Waals surface area contributed by atoms with Crippen LogP contribution in [0, 0.1) is 20.8 Å². The van der Waals surface area contributed by atoms with Crippen molar-refractivity contribution in [3.05, 3.63) is 64.7 Å². The molecule has 0 fully saturated rings. The first kappa shape index (κ1) is 19.4. The summed E-state index contributed by atoms with van der Waals surface area (Å²) in [5.74, 6) is 1.36. The molecule has 0 aliphatic carbocycles. The van der Waals surface area contributed by atoms with Crippen molar-refractivity contribution in [3.8, 4) is 0 Å². The predicted octanol–water partition coefficient (Wildman–Crippen LogP) is 4.44. The summed E-state index contributed by atoms with van der Waals surface area (Å²) >= 11 is 1.46. The van der Waals surface area contributed by atoms with E-state index in [9.17, 15) is 4.79 Å². The third-order valence-electron chi connectivity index (χ3n) is 4.74. The highest BCUT2D eigenvalue weighted by Crippen LogP contribution is 2.22. The highest BCUT2D eigenvalue weighted by atomic mass is 32.2. The SMILES string of the molecule is CCCn1c(C)cc(C(=O)CSc2nnc(C)n2Cc2ccccc2)c1C. The number of hydrogen-bond acceptors (Lipinski definition) is 4. The van der Waals surface area contributed by atoms with Crippen LogP contribution < -0.4 is 0 Å². The third kappa shape index (κ3) is 4.33. The molecule has 0 aliphatic heterocycles. The maximum absolute atomic E-state index is 12.8. The maximum Gasteiger partial charge on any atom is 0.191 e. The molecule has 0 bridgehead atoms. The van der Waals surface area contributed by atoms with Crippen LogP contribution >= 0.6 is 11.8 Å². The third-order valence-corrected chi connectivity index (χ3v) is 5.71. The van der Waals surface area contributed by atoms with E-state index in [1.807, 2.05) is 38.1 Å². The molecule has 0 unspecified atom stereocenters. The van der Waals surface area contributed by atoms with Crippen molar-refractivity contribution in [1.29, 1.82) is 0 Å². The van der Waals surface area contributed by atoms with Crippen molar-refractivity contribution in [1.82, 2.24) is 19.3 Å². The van der Waals surface area contributed by atoms with E-state index < -0.39 is 0 Å². The first-order valence-electron chi connectivity index (χ1n) is 9.27. The van der Waals surface area contributed by atoms with E-state index in [1.54, 1.807) is 0 Å². The van der Waals surface area contributed by atoms with Gasteiger partial charge in [-0.1, -0.05) is 49.0 Å². The zero-order valence-electron chi connectivity index (χ0n) is 16.4. The first-order chi connectivity index (χ1) is 13.0. The van der Waals surface area contributed by atoms with Crippen molar-refractivity contribution in [2.75, 3.05) is 5.75 Å². The van der Waals surface area contributed by atoms with Crippen LogP contribution in [0.4, 0.5) is 0 Å². The minimum absolute atomic E-state index is 0.141. The number of nitrogens with zero attached hydrogens (tertiary/aromatic N) is 4. The minimum atomic E-state index is 0.141. The standard InChI is InChI=1S/C21H26N4OS/c1-5-11-24-15(2)12-19(16(24)3)20(26)14-27-21-23-22-17(4)25(21)13-18-9-7-6-8-10-18/h6-10,12H,5,11,13-14H2,1-4H3. The number of ketones is 1. The normalized spacial score (nSPS) is 11.1. The largest absolute Gasteiger partial charge is 0.348 e. The molecule has 27 heavy (non-hydrogen) atoms. The Hall–Kier alpha value is -2.34. The van der Waals surface area contributed by atoms with Crippen LogP contribution in [0.1, 0.15) is 46.5 Å². The molecule has 3 aromatic rings. The number of hydrogen-bond donors (Lipinski definition) is 0. The lowest BCUT2D eigenvalue weighted by atomic mass is 10.2. The molecule has 0 saturated carbocycles. The smallest absolute Gasteiger partial charge is 0.191 e. The van der Waals surface area contributed by atoms with Crippen molar-refractivity contribution in [2.45, 2.75) is 52.4 Å². The van der Waals surface area contributed by atoms with Gasteiger partial charge in [0.05, 0.1) is 12.3 Å². The Morgan fingerprint density at radius 3 is 2.52 bits per heavy atom. The number of thioether (sulfide) groups is 1. The summed E-state index contributed by atoms with van der Waals surface area (Å²) < 4.78 is 4.29. The van der Waals surface area contributed by atoms with Crippen LogP contribution in [0.2, 0.25) is 0 Å². The Bertz CT molecular complexity index is 927. The zero-order valence-corrected chi connectivity index (χ0v) is 17.2. The van der Waals surface area contributed by atoms with Gasteiger partial charge in [-0.25, -0.2) is 0 Å². The fraction of sp³-hybridized carbons (Fsp3) is 0.381. The molecule has 1 aromatic carbocycles. The Labute approximate surface area is 164 Å².